The number of hydrogen-bond donors (Lipinski definition) is 2. The molecule has 0 fully saturated rings. The van der Waals surface area contributed by atoms with Gasteiger partial charge in [-0.3, -0.25) is 4.79 Å². The van der Waals surface area contributed by atoms with E-state index in [4.69, 9.17) is 5.11 Å². The molecule has 0 unspecified atom stereocenters. The van der Waals surface area contributed by atoms with Gasteiger partial charge >= 0.3 is 5.97 Å². The highest BCUT2D eigenvalue weighted by Crippen LogP contribution is 2.26. The minimum Gasteiger partial charge on any atom is -0.481 e. The smallest absolute Gasteiger partial charge is 0.303 e. The number of aliphatic carboxylic acids is 1. The normalized spacial score (nSPS) is 11.6. The SMILES string of the molecule is Cc1cc(F)ccc1CNCCC(C)(C)CCC(=O)O. The fourth-order valence-electron chi connectivity index (χ4n) is 2.08. The van der Waals surface area contributed by atoms with Crippen molar-refractivity contribution in [2.45, 2.75) is 46.6 Å². The van der Waals surface area contributed by atoms with Gasteiger partial charge in [-0.2, -0.15) is 0 Å². The lowest BCUT2D eigenvalue weighted by Gasteiger charge is -2.24. The minimum atomic E-state index is -0.743. The Balaban J connectivity index is 2.32. The molecule has 0 aliphatic rings. The maximum Gasteiger partial charge on any atom is 0.303 e. The number of carboxylic acid groups (broad SMARTS) is 1. The van der Waals surface area contributed by atoms with Gasteiger partial charge in [0.1, 0.15) is 5.82 Å². The second kappa shape index (κ2) is 7.39. The summed E-state index contributed by atoms with van der Waals surface area (Å²) in [5.74, 6) is -0.950. The summed E-state index contributed by atoms with van der Waals surface area (Å²) in [6.07, 6.45) is 1.81. The number of benzene rings is 1. The van der Waals surface area contributed by atoms with Crippen molar-refractivity contribution in [1.29, 1.82) is 0 Å². The summed E-state index contributed by atoms with van der Waals surface area (Å²) in [5, 5.41) is 12.0. The molecule has 0 radical (unpaired) electrons. The highest BCUT2D eigenvalue weighted by Gasteiger charge is 2.18. The summed E-state index contributed by atoms with van der Waals surface area (Å²) in [7, 11) is 0. The van der Waals surface area contributed by atoms with Gasteiger partial charge in [0.25, 0.3) is 0 Å². The average molecular weight is 281 g/mol. The molecule has 0 aliphatic heterocycles. The molecule has 1 aromatic rings. The molecule has 1 rings (SSSR count). The molecule has 0 saturated carbocycles. The molecular formula is C16H24FNO2. The first-order chi connectivity index (χ1) is 9.30. The molecule has 0 aromatic heterocycles. The predicted octanol–water partition coefficient (Wildman–Crippen LogP) is 3.50. The van der Waals surface area contributed by atoms with Crippen molar-refractivity contribution in [3.63, 3.8) is 0 Å². The molecule has 0 saturated heterocycles. The van der Waals surface area contributed by atoms with Crippen LogP contribution < -0.4 is 5.32 Å². The van der Waals surface area contributed by atoms with Crippen LogP contribution in [0.2, 0.25) is 0 Å². The van der Waals surface area contributed by atoms with Crippen molar-refractivity contribution in [1.82, 2.24) is 5.32 Å². The molecule has 112 valence electrons. The van der Waals surface area contributed by atoms with Crippen molar-refractivity contribution < 1.29 is 14.3 Å². The molecule has 0 spiro atoms. The summed E-state index contributed by atoms with van der Waals surface area (Å²) in [5.41, 5.74) is 2.06. The molecule has 0 atom stereocenters. The summed E-state index contributed by atoms with van der Waals surface area (Å²) >= 11 is 0. The first-order valence-electron chi connectivity index (χ1n) is 6.98. The van der Waals surface area contributed by atoms with Crippen LogP contribution in [0.1, 0.15) is 44.2 Å². The Morgan fingerprint density at radius 2 is 2.05 bits per heavy atom. The standard InChI is InChI=1S/C16H24FNO2/c1-12-10-14(17)5-4-13(12)11-18-9-8-16(2,3)7-6-15(19)20/h4-5,10,18H,6-9,11H2,1-3H3,(H,19,20). The second-order valence-corrected chi connectivity index (χ2v) is 6.06. The highest BCUT2D eigenvalue weighted by atomic mass is 19.1. The van der Waals surface area contributed by atoms with Crippen LogP contribution in [0.25, 0.3) is 0 Å². The van der Waals surface area contributed by atoms with Crippen molar-refractivity contribution >= 4 is 5.97 Å². The number of nitrogens with one attached hydrogen (secondary N) is 1. The van der Waals surface area contributed by atoms with Gasteiger partial charge in [-0.1, -0.05) is 19.9 Å². The third kappa shape index (κ3) is 6.15. The quantitative estimate of drug-likeness (QED) is 0.717. The largest absolute Gasteiger partial charge is 0.481 e. The second-order valence-electron chi connectivity index (χ2n) is 6.06. The predicted molar refractivity (Wildman–Crippen MR) is 78.1 cm³/mol. The molecule has 2 N–H and O–H groups in total. The van der Waals surface area contributed by atoms with E-state index in [9.17, 15) is 9.18 Å². The van der Waals surface area contributed by atoms with Gasteiger partial charge in [-0.15, -0.1) is 0 Å². The Kier molecular flexibility index (Phi) is 6.14. The molecule has 0 heterocycles. The summed E-state index contributed by atoms with van der Waals surface area (Å²) < 4.78 is 13.0. The van der Waals surface area contributed by atoms with Crippen molar-refractivity contribution in [3.8, 4) is 0 Å². The zero-order chi connectivity index (χ0) is 15.2. The number of carboxylic acids is 1. The molecule has 1 aromatic carbocycles. The lowest BCUT2D eigenvalue weighted by atomic mass is 9.84. The minimum absolute atomic E-state index is 0.0171. The Morgan fingerprint density at radius 1 is 1.35 bits per heavy atom. The number of aryl methyl sites for hydroxylation is 1. The van der Waals surface area contributed by atoms with Gasteiger partial charge in [0.2, 0.25) is 0 Å². The lowest BCUT2D eigenvalue weighted by Crippen LogP contribution is -2.23. The van der Waals surface area contributed by atoms with Gasteiger partial charge in [0.15, 0.2) is 0 Å². The summed E-state index contributed by atoms with van der Waals surface area (Å²) in [6, 6.07) is 4.81. The molecule has 20 heavy (non-hydrogen) atoms. The Morgan fingerprint density at radius 3 is 2.65 bits per heavy atom. The van der Waals surface area contributed by atoms with Crippen molar-refractivity contribution in [2.24, 2.45) is 5.41 Å². The van der Waals surface area contributed by atoms with Crippen LogP contribution in [0.4, 0.5) is 4.39 Å². The van der Waals surface area contributed by atoms with E-state index in [2.05, 4.69) is 19.2 Å². The number of halogens is 1. The molecular weight excluding hydrogens is 257 g/mol. The van der Waals surface area contributed by atoms with Crippen LogP contribution in [-0.4, -0.2) is 17.6 Å². The number of rotatable bonds is 8. The van der Waals surface area contributed by atoms with Crippen LogP contribution in [0.3, 0.4) is 0 Å². The van der Waals surface area contributed by atoms with E-state index < -0.39 is 5.97 Å². The monoisotopic (exact) mass is 281 g/mol. The van der Waals surface area contributed by atoms with E-state index in [0.717, 1.165) is 24.1 Å². The molecule has 4 heteroatoms. The van der Waals surface area contributed by atoms with Gasteiger partial charge in [0, 0.05) is 13.0 Å². The Hall–Kier alpha value is -1.42. The van der Waals surface area contributed by atoms with Gasteiger partial charge in [-0.25, -0.2) is 4.39 Å². The van der Waals surface area contributed by atoms with Gasteiger partial charge in [0.05, 0.1) is 0 Å². The molecule has 3 nitrogen and oxygen atoms in total. The number of carbonyl (C=O) groups is 1. The topological polar surface area (TPSA) is 49.3 Å². The van der Waals surface area contributed by atoms with Crippen LogP contribution in [0.15, 0.2) is 18.2 Å². The zero-order valence-electron chi connectivity index (χ0n) is 12.5. The molecule has 0 bridgehead atoms. The van der Waals surface area contributed by atoms with E-state index in [0.29, 0.717) is 13.0 Å². The first-order valence-corrected chi connectivity index (χ1v) is 6.98. The third-order valence-electron chi connectivity index (χ3n) is 3.61. The number of hydrogen-bond acceptors (Lipinski definition) is 2. The summed E-state index contributed by atoms with van der Waals surface area (Å²) in [6.45, 7) is 7.60. The first kappa shape index (κ1) is 16.6. The molecule has 0 amide bonds. The Labute approximate surface area is 120 Å². The zero-order valence-corrected chi connectivity index (χ0v) is 12.5. The van der Waals surface area contributed by atoms with E-state index in [-0.39, 0.29) is 17.7 Å². The Bertz CT molecular complexity index is 458. The van der Waals surface area contributed by atoms with E-state index in [1.807, 2.05) is 6.92 Å². The average Bonchev–Trinajstić information content (AvgIpc) is 2.34. The fourth-order valence-corrected chi connectivity index (χ4v) is 2.08. The maximum atomic E-state index is 13.0. The van der Waals surface area contributed by atoms with E-state index in [1.54, 1.807) is 6.07 Å². The maximum absolute atomic E-state index is 13.0. The summed E-state index contributed by atoms with van der Waals surface area (Å²) in [4.78, 5) is 10.6. The fraction of sp³-hybridized carbons (Fsp3) is 0.562. The third-order valence-corrected chi connectivity index (χ3v) is 3.61. The highest BCUT2D eigenvalue weighted by molar-refractivity contribution is 5.66. The van der Waals surface area contributed by atoms with Crippen molar-refractivity contribution in [2.75, 3.05) is 6.54 Å². The van der Waals surface area contributed by atoms with E-state index in [1.165, 1.54) is 12.1 Å². The van der Waals surface area contributed by atoms with E-state index >= 15 is 0 Å². The van der Waals surface area contributed by atoms with Crippen LogP contribution >= 0.6 is 0 Å². The van der Waals surface area contributed by atoms with Crippen LogP contribution in [-0.2, 0) is 11.3 Å². The van der Waals surface area contributed by atoms with Crippen LogP contribution in [0.5, 0.6) is 0 Å². The van der Waals surface area contributed by atoms with Crippen LogP contribution in [0, 0.1) is 18.2 Å². The van der Waals surface area contributed by atoms with Gasteiger partial charge < -0.3 is 10.4 Å². The van der Waals surface area contributed by atoms with Crippen molar-refractivity contribution in [3.05, 3.63) is 35.1 Å². The lowest BCUT2D eigenvalue weighted by molar-refractivity contribution is -0.137. The van der Waals surface area contributed by atoms with Gasteiger partial charge in [-0.05, 0) is 55.0 Å². The molecule has 0 aliphatic carbocycles.